The summed E-state index contributed by atoms with van der Waals surface area (Å²) in [6.45, 7) is 8.65. The fourth-order valence-electron chi connectivity index (χ4n) is 3.70. The van der Waals surface area contributed by atoms with Gasteiger partial charge < -0.3 is 4.90 Å². The Bertz CT molecular complexity index is 534. The van der Waals surface area contributed by atoms with Crippen LogP contribution in [0.4, 0.5) is 0 Å². The zero-order valence-electron chi connectivity index (χ0n) is 13.5. The molecule has 2 unspecified atom stereocenters. The molecular formula is C18H26N2O. The van der Waals surface area contributed by atoms with E-state index in [2.05, 4.69) is 62.2 Å². The second-order valence-corrected chi connectivity index (χ2v) is 7.12. The SMILES string of the molecule is Cc1ccccc1C1NC(C(C)C)C(=O)N1C1CC(C)C1. The van der Waals surface area contributed by atoms with Crippen LogP contribution >= 0.6 is 0 Å². The molecule has 3 rings (SSSR count). The first-order valence-corrected chi connectivity index (χ1v) is 8.12. The Kier molecular flexibility index (Phi) is 3.78. The highest BCUT2D eigenvalue weighted by atomic mass is 16.2. The van der Waals surface area contributed by atoms with Crippen molar-refractivity contribution in [2.45, 2.75) is 58.8 Å². The number of nitrogens with zero attached hydrogens (tertiary/aromatic N) is 1. The normalized spacial score (nSPS) is 32.6. The van der Waals surface area contributed by atoms with Gasteiger partial charge in [0, 0.05) is 6.04 Å². The van der Waals surface area contributed by atoms with Gasteiger partial charge in [-0.15, -0.1) is 0 Å². The van der Waals surface area contributed by atoms with Crippen LogP contribution in [0.5, 0.6) is 0 Å². The Hall–Kier alpha value is -1.35. The summed E-state index contributed by atoms with van der Waals surface area (Å²) in [5, 5.41) is 3.59. The lowest BCUT2D eigenvalue weighted by Gasteiger charge is -2.42. The van der Waals surface area contributed by atoms with Crippen molar-refractivity contribution in [2.24, 2.45) is 11.8 Å². The predicted octanol–water partition coefficient (Wildman–Crippen LogP) is 3.25. The maximum Gasteiger partial charge on any atom is 0.241 e. The summed E-state index contributed by atoms with van der Waals surface area (Å²) < 4.78 is 0. The van der Waals surface area contributed by atoms with Crippen LogP contribution in [0.25, 0.3) is 0 Å². The summed E-state index contributed by atoms with van der Waals surface area (Å²) in [4.78, 5) is 15.0. The van der Waals surface area contributed by atoms with E-state index in [1.165, 1.54) is 11.1 Å². The van der Waals surface area contributed by atoms with Crippen LogP contribution in [0.2, 0.25) is 0 Å². The highest BCUT2D eigenvalue weighted by Gasteiger charge is 2.47. The Balaban J connectivity index is 1.93. The molecule has 0 aromatic heterocycles. The number of aryl methyl sites for hydroxylation is 1. The molecule has 1 saturated carbocycles. The molecule has 3 nitrogen and oxygen atoms in total. The smallest absolute Gasteiger partial charge is 0.241 e. The van der Waals surface area contributed by atoms with Gasteiger partial charge in [-0.2, -0.15) is 0 Å². The number of hydrogen-bond acceptors (Lipinski definition) is 2. The van der Waals surface area contributed by atoms with Gasteiger partial charge in [-0.1, -0.05) is 45.0 Å². The average Bonchev–Trinajstić information content (AvgIpc) is 2.73. The second kappa shape index (κ2) is 5.45. The molecule has 0 spiro atoms. The molecule has 2 fully saturated rings. The highest BCUT2D eigenvalue weighted by Crippen LogP contribution is 2.39. The van der Waals surface area contributed by atoms with E-state index in [1.54, 1.807) is 0 Å². The van der Waals surface area contributed by atoms with E-state index in [-0.39, 0.29) is 18.1 Å². The lowest BCUT2D eigenvalue weighted by molar-refractivity contribution is -0.135. The molecule has 1 aliphatic carbocycles. The molecule has 0 bridgehead atoms. The summed E-state index contributed by atoms with van der Waals surface area (Å²) in [7, 11) is 0. The van der Waals surface area contributed by atoms with Gasteiger partial charge in [0.15, 0.2) is 0 Å². The Morgan fingerprint density at radius 2 is 1.90 bits per heavy atom. The van der Waals surface area contributed by atoms with Gasteiger partial charge in [0.25, 0.3) is 0 Å². The molecule has 1 N–H and O–H groups in total. The van der Waals surface area contributed by atoms with Crippen molar-refractivity contribution < 1.29 is 4.79 Å². The van der Waals surface area contributed by atoms with Gasteiger partial charge in [0.1, 0.15) is 6.17 Å². The third-order valence-corrected chi connectivity index (χ3v) is 5.03. The van der Waals surface area contributed by atoms with E-state index in [9.17, 15) is 4.79 Å². The standard InChI is InChI=1S/C18H26N2O/c1-11(2)16-18(21)20(14-9-12(3)10-14)17(19-16)15-8-6-5-7-13(15)4/h5-8,11-12,14,16-17,19H,9-10H2,1-4H3. The summed E-state index contributed by atoms with van der Waals surface area (Å²) in [6.07, 6.45) is 2.32. The molecule has 2 atom stereocenters. The minimum atomic E-state index is -0.0505. The first-order valence-electron chi connectivity index (χ1n) is 8.12. The van der Waals surface area contributed by atoms with E-state index in [4.69, 9.17) is 0 Å². The Morgan fingerprint density at radius 1 is 1.24 bits per heavy atom. The second-order valence-electron chi connectivity index (χ2n) is 7.12. The maximum atomic E-state index is 12.8. The van der Waals surface area contributed by atoms with Crippen LogP contribution in [0, 0.1) is 18.8 Å². The lowest BCUT2D eigenvalue weighted by Crippen LogP contribution is -2.47. The van der Waals surface area contributed by atoms with Gasteiger partial charge >= 0.3 is 0 Å². The number of rotatable bonds is 3. The van der Waals surface area contributed by atoms with Crippen LogP contribution in [-0.4, -0.2) is 22.9 Å². The van der Waals surface area contributed by atoms with Gasteiger partial charge in [-0.05, 0) is 42.7 Å². The summed E-state index contributed by atoms with van der Waals surface area (Å²) >= 11 is 0. The van der Waals surface area contributed by atoms with Crippen LogP contribution < -0.4 is 5.32 Å². The first-order chi connectivity index (χ1) is 9.99. The van der Waals surface area contributed by atoms with E-state index < -0.39 is 0 Å². The van der Waals surface area contributed by atoms with Gasteiger partial charge in [-0.3, -0.25) is 10.1 Å². The molecule has 1 aliphatic heterocycles. The van der Waals surface area contributed by atoms with Crippen molar-refractivity contribution in [1.29, 1.82) is 0 Å². The van der Waals surface area contributed by atoms with Crippen molar-refractivity contribution in [3.63, 3.8) is 0 Å². The summed E-state index contributed by atoms with van der Waals surface area (Å²) in [5.74, 6) is 1.36. The Morgan fingerprint density at radius 3 is 2.48 bits per heavy atom. The number of nitrogens with one attached hydrogen (secondary N) is 1. The minimum absolute atomic E-state index is 0.0450. The van der Waals surface area contributed by atoms with Crippen molar-refractivity contribution in [2.75, 3.05) is 0 Å². The molecule has 21 heavy (non-hydrogen) atoms. The molecule has 2 aliphatic rings. The molecule has 1 heterocycles. The van der Waals surface area contributed by atoms with E-state index in [0.29, 0.717) is 12.0 Å². The number of amides is 1. The summed E-state index contributed by atoms with van der Waals surface area (Å²) in [5.41, 5.74) is 2.50. The largest absolute Gasteiger partial charge is 0.319 e. The third-order valence-electron chi connectivity index (χ3n) is 5.03. The highest BCUT2D eigenvalue weighted by molar-refractivity contribution is 5.85. The zero-order chi connectivity index (χ0) is 15.1. The number of hydrogen-bond donors (Lipinski definition) is 1. The molecule has 1 amide bonds. The minimum Gasteiger partial charge on any atom is -0.319 e. The van der Waals surface area contributed by atoms with Crippen molar-refractivity contribution in [1.82, 2.24) is 10.2 Å². The monoisotopic (exact) mass is 286 g/mol. The van der Waals surface area contributed by atoms with Crippen molar-refractivity contribution >= 4 is 5.91 Å². The quantitative estimate of drug-likeness (QED) is 0.925. The molecule has 1 saturated heterocycles. The summed E-state index contributed by atoms with van der Waals surface area (Å²) in [6, 6.07) is 8.77. The van der Waals surface area contributed by atoms with Crippen LogP contribution in [-0.2, 0) is 4.79 Å². The third kappa shape index (κ3) is 2.48. The topological polar surface area (TPSA) is 32.3 Å². The van der Waals surface area contributed by atoms with Crippen LogP contribution in [0.3, 0.4) is 0 Å². The maximum absolute atomic E-state index is 12.8. The molecular weight excluding hydrogens is 260 g/mol. The fourth-order valence-corrected chi connectivity index (χ4v) is 3.70. The average molecular weight is 286 g/mol. The van der Waals surface area contributed by atoms with Crippen LogP contribution in [0.1, 0.15) is 50.9 Å². The Labute approximate surface area is 127 Å². The van der Waals surface area contributed by atoms with Crippen molar-refractivity contribution in [3.05, 3.63) is 35.4 Å². The molecule has 3 heteroatoms. The van der Waals surface area contributed by atoms with E-state index in [0.717, 1.165) is 18.8 Å². The molecule has 1 aromatic rings. The number of benzene rings is 1. The van der Waals surface area contributed by atoms with Gasteiger partial charge in [0.2, 0.25) is 5.91 Å². The van der Waals surface area contributed by atoms with Crippen molar-refractivity contribution in [3.8, 4) is 0 Å². The molecule has 0 radical (unpaired) electrons. The fraction of sp³-hybridized carbons (Fsp3) is 0.611. The van der Waals surface area contributed by atoms with Gasteiger partial charge in [-0.25, -0.2) is 0 Å². The lowest BCUT2D eigenvalue weighted by atomic mass is 9.80. The zero-order valence-corrected chi connectivity index (χ0v) is 13.5. The predicted molar refractivity (Wildman–Crippen MR) is 84.7 cm³/mol. The number of carbonyl (C=O) groups excluding carboxylic acids is 1. The molecule has 114 valence electrons. The van der Waals surface area contributed by atoms with E-state index in [1.807, 2.05) is 0 Å². The van der Waals surface area contributed by atoms with Crippen LogP contribution in [0.15, 0.2) is 24.3 Å². The molecule has 1 aromatic carbocycles. The number of carbonyl (C=O) groups is 1. The first kappa shape index (κ1) is 14.6. The van der Waals surface area contributed by atoms with Gasteiger partial charge in [0.05, 0.1) is 6.04 Å². The van der Waals surface area contributed by atoms with E-state index >= 15 is 0 Å².